The molecule has 0 aliphatic rings. The Labute approximate surface area is 110 Å². The van der Waals surface area contributed by atoms with Crippen LogP contribution in [0.1, 0.15) is 0 Å². The van der Waals surface area contributed by atoms with Gasteiger partial charge in [-0.05, 0) is 24.3 Å². The van der Waals surface area contributed by atoms with Crippen LogP contribution in [0, 0.1) is 0 Å². The Morgan fingerprint density at radius 1 is 1.05 bits per heavy atom. The van der Waals surface area contributed by atoms with Gasteiger partial charge in [-0.3, -0.25) is 9.97 Å². The van der Waals surface area contributed by atoms with E-state index >= 15 is 0 Å². The second-order valence-electron chi connectivity index (χ2n) is 3.96. The van der Waals surface area contributed by atoms with Crippen molar-refractivity contribution < 1.29 is 4.74 Å². The summed E-state index contributed by atoms with van der Waals surface area (Å²) in [6, 6.07) is 7.70. The maximum absolute atomic E-state index is 5.13. The minimum Gasteiger partial charge on any atom is -0.497 e. The molecule has 0 radical (unpaired) electrons. The largest absolute Gasteiger partial charge is 0.497 e. The summed E-state index contributed by atoms with van der Waals surface area (Å²) in [4.78, 5) is 8.30. The van der Waals surface area contributed by atoms with Crippen LogP contribution in [-0.2, 0) is 0 Å². The molecule has 5 nitrogen and oxygen atoms in total. The van der Waals surface area contributed by atoms with E-state index in [0.29, 0.717) is 0 Å². The van der Waals surface area contributed by atoms with Gasteiger partial charge in [-0.25, -0.2) is 4.68 Å². The minimum absolute atomic E-state index is 0.808. The molecule has 0 aliphatic heterocycles. The highest BCUT2D eigenvalue weighted by atomic mass is 16.5. The van der Waals surface area contributed by atoms with Crippen molar-refractivity contribution in [2.24, 2.45) is 0 Å². The van der Waals surface area contributed by atoms with Crippen molar-refractivity contribution in [3.05, 3.63) is 55.2 Å². The van der Waals surface area contributed by atoms with Crippen LogP contribution in [-0.4, -0.2) is 26.9 Å². The third-order valence-electron chi connectivity index (χ3n) is 2.78. The van der Waals surface area contributed by atoms with Gasteiger partial charge in [0, 0.05) is 24.2 Å². The van der Waals surface area contributed by atoms with Crippen molar-refractivity contribution in [3.8, 4) is 22.7 Å². The number of rotatable bonds is 3. The summed E-state index contributed by atoms with van der Waals surface area (Å²) in [5, 5.41) is 4.33. The van der Waals surface area contributed by atoms with Gasteiger partial charge in [0.05, 0.1) is 30.9 Å². The average Bonchev–Trinajstić information content (AvgIpc) is 2.98. The number of ether oxygens (including phenoxy) is 1. The zero-order valence-electron chi connectivity index (χ0n) is 10.4. The molecular formula is C14H12N4O. The smallest absolute Gasteiger partial charge is 0.119 e. The Hall–Kier alpha value is -2.69. The quantitative estimate of drug-likeness (QED) is 0.718. The molecule has 5 heteroatoms. The highest BCUT2D eigenvalue weighted by Crippen LogP contribution is 2.18. The molecular weight excluding hydrogens is 240 g/mol. The Morgan fingerprint density at radius 3 is 2.58 bits per heavy atom. The second-order valence-corrected chi connectivity index (χ2v) is 3.96. The first-order valence-electron chi connectivity index (χ1n) is 5.82. The van der Waals surface area contributed by atoms with E-state index in [0.717, 1.165) is 22.7 Å². The molecule has 1 aromatic carbocycles. The van der Waals surface area contributed by atoms with Gasteiger partial charge in [0.15, 0.2) is 0 Å². The Bertz CT molecular complexity index is 661. The molecule has 19 heavy (non-hydrogen) atoms. The highest BCUT2D eigenvalue weighted by Gasteiger charge is 2.04. The molecule has 0 atom stereocenters. The van der Waals surface area contributed by atoms with Gasteiger partial charge in [0.2, 0.25) is 0 Å². The van der Waals surface area contributed by atoms with Gasteiger partial charge in [-0.1, -0.05) is 0 Å². The predicted molar refractivity (Wildman–Crippen MR) is 71.1 cm³/mol. The summed E-state index contributed by atoms with van der Waals surface area (Å²) < 4.78 is 6.93. The molecule has 2 heterocycles. The molecule has 0 bridgehead atoms. The van der Waals surface area contributed by atoms with Gasteiger partial charge in [-0.15, -0.1) is 0 Å². The Balaban J connectivity index is 1.92. The molecule has 0 saturated heterocycles. The number of methoxy groups -OCH3 is 1. The molecule has 0 fully saturated rings. The first-order chi connectivity index (χ1) is 9.36. The fourth-order valence-corrected chi connectivity index (χ4v) is 1.78. The fraction of sp³-hybridized carbons (Fsp3) is 0.0714. The lowest BCUT2D eigenvalue weighted by Gasteiger charge is -2.02. The molecule has 2 aromatic heterocycles. The van der Waals surface area contributed by atoms with Crippen LogP contribution in [0.2, 0.25) is 0 Å². The standard InChI is InChI=1S/C14H12N4O/c1-19-13-4-2-12(3-5-13)18-10-11(8-17-18)14-9-15-6-7-16-14/h2-10H,1H3. The monoisotopic (exact) mass is 252 g/mol. The van der Waals surface area contributed by atoms with Gasteiger partial charge in [0.25, 0.3) is 0 Å². The van der Waals surface area contributed by atoms with E-state index < -0.39 is 0 Å². The van der Waals surface area contributed by atoms with Crippen molar-refractivity contribution >= 4 is 0 Å². The first-order valence-corrected chi connectivity index (χ1v) is 5.82. The third-order valence-corrected chi connectivity index (χ3v) is 2.78. The summed E-state index contributed by atoms with van der Waals surface area (Å²) in [5.74, 6) is 0.824. The van der Waals surface area contributed by atoms with E-state index in [1.54, 1.807) is 36.6 Å². The molecule has 0 aliphatic carbocycles. The van der Waals surface area contributed by atoms with E-state index in [1.807, 2.05) is 30.5 Å². The molecule has 0 amide bonds. The van der Waals surface area contributed by atoms with Crippen LogP contribution in [0.25, 0.3) is 16.9 Å². The van der Waals surface area contributed by atoms with Crippen LogP contribution in [0.3, 0.4) is 0 Å². The van der Waals surface area contributed by atoms with Gasteiger partial charge in [0.1, 0.15) is 5.75 Å². The topological polar surface area (TPSA) is 52.8 Å². The van der Waals surface area contributed by atoms with Crippen LogP contribution >= 0.6 is 0 Å². The highest BCUT2D eigenvalue weighted by molar-refractivity contribution is 5.56. The first kappa shape index (κ1) is 11.4. The number of hydrogen-bond donors (Lipinski definition) is 0. The van der Waals surface area contributed by atoms with Gasteiger partial charge in [-0.2, -0.15) is 5.10 Å². The third kappa shape index (κ3) is 2.30. The van der Waals surface area contributed by atoms with Crippen LogP contribution in [0.15, 0.2) is 55.2 Å². The SMILES string of the molecule is COc1ccc(-n2cc(-c3cnccn3)cn2)cc1. The number of nitrogens with zero attached hydrogens (tertiary/aromatic N) is 4. The molecule has 94 valence electrons. The lowest BCUT2D eigenvalue weighted by Crippen LogP contribution is -1.93. The maximum atomic E-state index is 5.13. The van der Waals surface area contributed by atoms with E-state index in [2.05, 4.69) is 15.1 Å². The summed E-state index contributed by atoms with van der Waals surface area (Å²) in [5.41, 5.74) is 2.71. The molecule has 0 saturated carbocycles. The number of benzene rings is 1. The Kier molecular flexibility index (Phi) is 2.94. The van der Waals surface area contributed by atoms with E-state index in [-0.39, 0.29) is 0 Å². The van der Waals surface area contributed by atoms with Crippen molar-refractivity contribution in [2.45, 2.75) is 0 Å². The Morgan fingerprint density at radius 2 is 1.89 bits per heavy atom. The maximum Gasteiger partial charge on any atom is 0.119 e. The number of aromatic nitrogens is 4. The van der Waals surface area contributed by atoms with E-state index in [9.17, 15) is 0 Å². The van der Waals surface area contributed by atoms with E-state index in [4.69, 9.17) is 4.74 Å². The van der Waals surface area contributed by atoms with Crippen LogP contribution < -0.4 is 4.74 Å². The zero-order chi connectivity index (χ0) is 13.1. The second kappa shape index (κ2) is 4.89. The van der Waals surface area contributed by atoms with Crippen molar-refractivity contribution in [2.75, 3.05) is 7.11 Å². The summed E-state index contributed by atoms with van der Waals surface area (Å²) in [7, 11) is 1.65. The fourth-order valence-electron chi connectivity index (χ4n) is 1.78. The van der Waals surface area contributed by atoms with Gasteiger partial charge >= 0.3 is 0 Å². The van der Waals surface area contributed by atoms with E-state index in [1.165, 1.54) is 0 Å². The summed E-state index contributed by atoms with van der Waals surface area (Å²) in [6.45, 7) is 0. The molecule has 0 unspecified atom stereocenters. The zero-order valence-corrected chi connectivity index (χ0v) is 10.4. The van der Waals surface area contributed by atoms with Crippen molar-refractivity contribution in [1.29, 1.82) is 0 Å². The normalized spacial score (nSPS) is 10.4. The molecule has 3 rings (SSSR count). The van der Waals surface area contributed by atoms with Crippen LogP contribution in [0.4, 0.5) is 0 Å². The molecule has 0 N–H and O–H groups in total. The lowest BCUT2D eigenvalue weighted by atomic mass is 10.2. The molecule has 3 aromatic rings. The molecule has 0 spiro atoms. The van der Waals surface area contributed by atoms with Crippen molar-refractivity contribution in [3.63, 3.8) is 0 Å². The van der Waals surface area contributed by atoms with Crippen LogP contribution in [0.5, 0.6) is 5.75 Å². The predicted octanol–water partition coefficient (Wildman–Crippen LogP) is 2.34. The number of hydrogen-bond acceptors (Lipinski definition) is 4. The summed E-state index contributed by atoms with van der Waals surface area (Å²) >= 11 is 0. The minimum atomic E-state index is 0.808. The lowest BCUT2D eigenvalue weighted by molar-refractivity contribution is 0.414. The van der Waals surface area contributed by atoms with Crippen molar-refractivity contribution in [1.82, 2.24) is 19.7 Å². The average molecular weight is 252 g/mol. The summed E-state index contributed by atoms with van der Waals surface area (Å²) in [6.07, 6.45) is 8.73. The van der Waals surface area contributed by atoms with Gasteiger partial charge < -0.3 is 4.74 Å².